The second kappa shape index (κ2) is 4.81. The maximum Gasteiger partial charge on any atom is 0.0950 e. The standard InChI is InChI=1S/C14H23N3/c1-2-11-5-3-4-6-13(11)17-10-16-9-14(17)12-7-15-8-12/h9-13,15H,2-8H2,1H3. The first-order valence-corrected chi connectivity index (χ1v) is 7.12. The fourth-order valence-electron chi connectivity index (χ4n) is 3.44. The number of imidazole rings is 1. The highest BCUT2D eigenvalue weighted by Crippen LogP contribution is 2.37. The van der Waals surface area contributed by atoms with E-state index >= 15 is 0 Å². The SMILES string of the molecule is CCC1CCCCC1n1cncc1C1CNC1. The van der Waals surface area contributed by atoms with E-state index < -0.39 is 0 Å². The number of rotatable bonds is 3. The molecule has 2 aliphatic rings. The molecule has 1 aromatic heterocycles. The number of nitrogens with one attached hydrogen (secondary N) is 1. The van der Waals surface area contributed by atoms with Crippen molar-refractivity contribution >= 4 is 0 Å². The molecule has 0 spiro atoms. The summed E-state index contributed by atoms with van der Waals surface area (Å²) in [5.74, 6) is 1.57. The molecule has 1 aliphatic heterocycles. The highest BCUT2D eigenvalue weighted by atomic mass is 15.1. The minimum atomic E-state index is 0.705. The van der Waals surface area contributed by atoms with E-state index in [2.05, 4.69) is 34.3 Å². The van der Waals surface area contributed by atoms with E-state index in [9.17, 15) is 0 Å². The summed E-state index contributed by atoms with van der Waals surface area (Å²) in [6.45, 7) is 4.61. The molecule has 1 saturated carbocycles. The Balaban J connectivity index is 1.83. The number of nitrogens with zero attached hydrogens (tertiary/aromatic N) is 2. The van der Waals surface area contributed by atoms with Crippen molar-refractivity contribution in [3.63, 3.8) is 0 Å². The number of aromatic nitrogens is 2. The second-order valence-corrected chi connectivity index (χ2v) is 5.60. The van der Waals surface area contributed by atoms with E-state index in [4.69, 9.17) is 0 Å². The van der Waals surface area contributed by atoms with Crippen molar-refractivity contribution in [1.82, 2.24) is 14.9 Å². The maximum atomic E-state index is 4.40. The molecule has 0 radical (unpaired) electrons. The largest absolute Gasteiger partial charge is 0.331 e. The molecule has 1 aromatic rings. The lowest BCUT2D eigenvalue weighted by atomic mass is 9.82. The monoisotopic (exact) mass is 233 g/mol. The van der Waals surface area contributed by atoms with Crippen LogP contribution in [0.5, 0.6) is 0 Å². The van der Waals surface area contributed by atoms with Gasteiger partial charge in [0, 0.05) is 36.9 Å². The maximum absolute atomic E-state index is 4.40. The fraction of sp³-hybridized carbons (Fsp3) is 0.786. The molecule has 3 rings (SSSR count). The zero-order valence-corrected chi connectivity index (χ0v) is 10.7. The third-order valence-corrected chi connectivity index (χ3v) is 4.65. The molecule has 1 aliphatic carbocycles. The minimum Gasteiger partial charge on any atom is -0.331 e. The molecule has 0 amide bonds. The smallest absolute Gasteiger partial charge is 0.0950 e. The summed E-state index contributed by atoms with van der Waals surface area (Å²) < 4.78 is 2.50. The van der Waals surface area contributed by atoms with Crippen molar-refractivity contribution in [3.8, 4) is 0 Å². The van der Waals surface area contributed by atoms with Crippen LogP contribution >= 0.6 is 0 Å². The lowest BCUT2D eigenvalue weighted by Crippen LogP contribution is -2.41. The Morgan fingerprint density at radius 1 is 1.35 bits per heavy atom. The highest BCUT2D eigenvalue weighted by Gasteiger charge is 2.29. The first-order chi connectivity index (χ1) is 8.40. The Labute approximate surface area is 104 Å². The summed E-state index contributed by atoms with van der Waals surface area (Å²) in [6, 6.07) is 0.715. The third-order valence-electron chi connectivity index (χ3n) is 4.65. The van der Waals surface area contributed by atoms with Gasteiger partial charge in [0.1, 0.15) is 0 Å². The average molecular weight is 233 g/mol. The van der Waals surface area contributed by atoms with Gasteiger partial charge in [-0.15, -0.1) is 0 Å². The lowest BCUT2D eigenvalue weighted by molar-refractivity contribution is 0.223. The van der Waals surface area contributed by atoms with Crippen molar-refractivity contribution in [3.05, 3.63) is 18.2 Å². The van der Waals surface area contributed by atoms with Gasteiger partial charge < -0.3 is 9.88 Å². The van der Waals surface area contributed by atoms with E-state index in [-0.39, 0.29) is 0 Å². The molecule has 0 aromatic carbocycles. The summed E-state index contributed by atoms with van der Waals surface area (Å²) in [5.41, 5.74) is 1.47. The van der Waals surface area contributed by atoms with Crippen molar-refractivity contribution in [1.29, 1.82) is 0 Å². The Morgan fingerprint density at radius 2 is 2.18 bits per heavy atom. The van der Waals surface area contributed by atoms with E-state index in [0.29, 0.717) is 12.0 Å². The molecular weight excluding hydrogens is 210 g/mol. The molecule has 17 heavy (non-hydrogen) atoms. The quantitative estimate of drug-likeness (QED) is 0.870. The first kappa shape index (κ1) is 11.3. The summed E-state index contributed by atoms with van der Waals surface area (Å²) in [7, 11) is 0. The average Bonchev–Trinajstić information content (AvgIpc) is 2.75. The molecular formula is C14H23N3. The van der Waals surface area contributed by atoms with Crippen LogP contribution in [0.25, 0.3) is 0 Å². The van der Waals surface area contributed by atoms with Crippen molar-refractivity contribution in [2.24, 2.45) is 5.92 Å². The summed E-state index contributed by atoms with van der Waals surface area (Å²) in [4.78, 5) is 4.40. The lowest BCUT2D eigenvalue weighted by Gasteiger charge is -2.36. The van der Waals surface area contributed by atoms with E-state index in [1.165, 1.54) is 37.8 Å². The van der Waals surface area contributed by atoms with Gasteiger partial charge in [-0.1, -0.05) is 26.2 Å². The predicted octanol–water partition coefficient (Wildman–Crippen LogP) is 2.71. The van der Waals surface area contributed by atoms with Gasteiger partial charge in [0.25, 0.3) is 0 Å². The first-order valence-electron chi connectivity index (χ1n) is 7.12. The summed E-state index contributed by atoms with van der Waals surface area (Å²) in [5, 5.41) is 3.36. The molecule has 94 valence electrons. The molecule has 1 saturated heterocycles. The Morgan fingerprint density at radius 3 is 2.88 bits per heavy atom. The zero-order valence-electron chi connectivity index (χ0n) is 10.7. The van der Waals surface area contributed by atoms with Gasteiger partial charge in [0.15, 0.2) is 0 Å². The molecule has 2 fully saturated rings. The molecule has 0 bridgehead atoms. The van der Waals surface area contributed by atoms with Crippen LogP contribution in [0.3, 0.4) is 0 Å². The van der Waals surface area contributed by atoms with Crippen molar-refractivity contribution < 1.29 is 0 Å². The number of hydrogen-bond donors (Lipinski definition) is 1. The Kier molecular flexibility index (Phi) is 3.19. The van der Waals surface area contributed by atoms with Gasteiger partial charge in [0.05, 0.1) is 6.33 Å². The molecule has 2 atom stereocenters. The third kappa shape index (κ3) is 2.01. The molecule has 3 heteroatoms. The topological polar surface area (TPSA) is 29.9 Å². The van der Waals surface area contributed by atoms with E-state index in [0.717, 1.165) is 19.0 Å². The van der Waals surface area contributed by atoms with Gasteiger partial charge in [-0.25, -0.2) is 4.98 Å². The Bertz CT molecular complexity index is 367. The van der Waals surface area contributed by atoms with Crippen LogP contribution in [-0.2, 0) is 0 Å². The van der Waals surface area contributed by atoms with Crippen molar-refractivity contribution in [2.75, 3.05) is 13.1 Å². The van der Waals surface area contributed by atoms with Crippen molar-refractivity contribution in [2.45, 2.75) is 51.0 Å². The summed E-state index contributed by atoms with van der Waals surface area (Å²) in [6.07, 6.45) is 11.0. The normalized spacial score (nSPS) is 30.2. The second-order valence-electron chi connectivity index (χ2n) is 5.60. The molecule has 3 nitrogen and oxygen atoms in total. The van der Waals surface area contributed by atoms with Crippen LogP contribution in [0.2, 0.25) is 0 Å². The van der Waals surface area contributed by atoms with Gasteiger partial charge in [-0.2, -0.15) is 0 Å². The van der Waals surface area contributed by atoms with Gasteiger partial charge >= 0.3 is 0 Å². The van der Waals surface area contributed by atoms with Gasteiger partial charge in [-0.05, 0) is 18.8 Å². The van der Waals surface area contributed by atoms with E-state index in [1.807, 2.05) is 0 Å². The van der Waals surface area contributed by atoms with Gasteiger partial charge in [-0.3, -0.25) is 0 Å². The zero-order chi connectivity index (χ0) is 11.7. The predicted molar refractivity (Wildman–Crippen MR) is 69.1 cm³/mol. The Hall–Kier alpha value is -0.830. The highest BCUT2D eigenvalue weighted by molar-refractivity contribution is 5.13. The van der Waals surface area contributed by atoms with Crippen LogP contribution in [0, 0.1) is 5.92 Å². The van der Waals surface area contributed by atoms with Crippen LogP contribution in [0.1, 0.15) is 56.7 Å². The van der Waals surface area contributed by atoms with E-state index in [1.54, 1.807) is 0 Å². The van der Waals surface area contributed by atoms with Crippen LogP contribution in [-0.4, -0.2) is 22.6 Å². The van der Waals surface area contributed by atoms with Crippen LogP contribution in [0.15, 0.2) is 12.5 Å². The molecule has 2 heterocycles. The van der Waals surface area contributed by atoms with Gasteiger partial charge in [0.2, 0.25) is 0 Å². The molecule has 2 unspecified atom stereocenters. The van der Waals surface area contributed by atoms with Crippen LogP contribution in [0.4, 0.5) is 0 Å². The van der Waals surface area contributed by atoms with Crippen LogP contribution < -0.4 is 5.32 Å². The minimum absolute atomic E-state index is 0.705. The number of hydrogen-bond acceptors (Lipinski definition) is 2. The molecule has 1 N–H and O–H groups in total. The summed E-state index contributed by atoms with van der Waals surface area (Å²) >= 11 is 0. The fourth-order valence-corrected chi connectivity index (χ4v) is 3.44.